The maximum atomic E-state index is 13.1. The molecule has 4 saturated carbocycles. The zero-order chi connectivity index (χ0) is 18.4. The molecular formula is C22H29N3O2. The Morgan fingerprint density at radius 2 is 1.41 bits per heavy atom. The van der Waals surface area contributed by atoms with Gasteiger partial charge in [-0.1, -0.05) is 18.2 Å². The van der Waals surface area contributed by atoms with Gasteiger partial charge in [0, 0.05) is 31.9 Å². The molecule has 1 saturated heterocycles. The highest BCUT2D eigenvalue weighted by molar-refractivity contribution is 5.97. The summed E-state index contributed by atoms with van der Waals surface area (Å²) in [5.41, 5.74) is 0.943. The first-order valence-corrected chi connectivity index (χ1v) is 10.5. The van der Waals surface area contributed by atoms with Crippen LogP contribution in [0.4, 0.5) is 10.5 Å². The van der Waals surface area contributed by atoms with E-state index in [0.29, 0.717) is 30.8 Å². The van der Waals surface area contributed by atoms with Crippen LogP contribution < -0.4 is 10.2 Å². The number of benzene rings is 1. The Morgan fingerprint density at radius 1 is 0.852 bits per heavy atom. The van der Waals surface area contributed by atoms with Crippen LogP contribution in [0.2, 0.25) is 0 Å². The number of carbonyl (C=O) groups is 2. The lowest BCUT2D eigenvalue weighted by Gasteiger charge is -2.55. The summed E-state index contributed by atoms with van der Waals surface area (Å²) in [5.74, 6) is 2.15. The molecule has 5 fully saturated rings. The molecule has 4 bridgehead atoms. The molecule has 144 valence electrons. The van der Waals surface area contributed by atoms with Gasteiger partial charge in [-0.05, 0) is 68.4 Å². The molecule has 1 aromatic carbocycles. The third-order valence-corrected chi connectivity index (χ3v) is 7.43. The zero-order valence-corrected chi connectivity index (χ0v) is 15.9. The smallest absolute Gasteiger partial charge is 0.324 e. The first kappa shape index (κ1) is 17.1. The van der Waals surface area contributed by atoms with Crippen molar-refractivity contribution in [1.82, 2.24) is 10.2 Å². The third-order valence-electron chi connectivity index (χ3n) is 7.43. The molecule has 1 aromatic rings. The number of anilines is 1. The monoisotopic (exact) mass is 367 g/mol. The first-order valence-electron chi connectivity index (χ1n) is 10.5. The Balaban J connectivity index is 1.19. The van der Waals surface area contributed by atoms with Gasteiger partial charge in [-0.25, -0.2) is 4.79 Å². The van der Waals surface area contributed by atoms with Gasteiger partial charge in [0.15, 0.2) is 0 Å². The van der Waals surface area contributed by atoms with Crippen LogP contribution in [0.15, 0.2) is 30.3 Å². The van der Waals surface area contributed by atoms with Crippen LogP contribution in [-0.4, -0.2) is 43.0 Å². The summed E-state index contributed by atoms with van der Waals surface area (Å²) >= 11 is 0. The highest BCUT2D eigenvalue weighted by Gasteiger charge is 2.55. The quantitative estimate of drug-likeness (QED) is 0.873. The van der Waals surface area contributed by atoms with E-state index in [-0.39, 0.29) is 17.4 Å². The predicted molar refractivity (Wildman–Crippen MR) is 104 cm³/mol. The van der Waals surface area contributed by atoms with Crippen molar-refractivity contribution in [3.8, 4) is 0 Å². The summed E-state index contributed by atoms with van der Waals surface area (Å²) in [4.78, 5) is 29.9. The number of amides is 3. The van der Waals surface area contributed by atoms with E-state index in [4.69, 9.17) is 0 Å². The second-order valence-electron chi connectivity index (χ2n) is 9.27. The van der Waals surface area contributed by atoms with Gasteiger partial charge >= 0.3 is 6.03 Å². The topological polar surface area (TPSA) is 52.7 Å². The van der Waals surface area contributed by atoms with E-state index in [1.54, 1.807) is 4.90 Å². The van der Waals surface area contributed by atoms with Crippen molar-refractivity contribution in [3.05, 3.63) is 30.3 Å². The lowest BCUT2D eigenvalue weighted by Crippen LogP contribution is -2.58. The number of para-hydroxylation sites is 1. The van der Waals surface area contributed by atoms with E-state index in [1.807, 2.05) is 18.2 Å². The summed E-state index contributed by atoms with van der Waals surface area (Å²) in [6.07, 6.45) is 6.92. The summed E-state index contributed by atoms with van der Waals surface area (Å²) in [6.45, 7) is 2.94. The number of carbonyl (C=O) groups excluding carboxylic acids is 2. The number of imide groups is 1. The van der Waals surface area contributed by atoms with Crippen molar-refractivity contribution in [2.45, 2.75) is 38.5 Å². The molecular weight excluding hydrogens is 338 g/mol. The van der Waals surface area contributed by atoms with Crippen LogP contribution in [0.25, 0.3) is 0 Å². The predicted octanol–water partition coefficient (Wildman–Crippen LogP) is 3.26. The average Bonchev–Trinajstić information content (AvgIpc) is 2.68. The van der Waals surface area contributed by atoms with Crippen molar-refractivity contribution in [3.63, 3.8) is 0 Å². The molecule has 0 spiro atoms. The minimum absolute atomic E-state index is 0.0112. The van der Waals surface area contributed by atoms with Crippen molar-refractivity contribution in [1.29, 1.82) is 0 Å². The molecule has 0 atom stereocenters. The second-order valence-corrected chi connectivity index (χ2v) is 9.27. The van der Waals surface area contributed by atoms with Gasteiger partial charge in [0.25, 0.3) is 0 Å². The molecule has 0 unspecified atom stereocenters. The average molecular weight is 367 g/mol. The molecule has 5 aliphatic rings. The summed E-state index contributed by atoms with van der Waals surface area (Å²) in [5, 5.41) is 2.79. The van der Waals surface area contributed by atoms with Crippen LogP contribution in [-0.2, 0) is 4.79 Å². The number of piperazine rings is 1. The van der Waals surface area contributed by atoms with Crippen LogP contribution in [0.1, 0.15) is 38.5 Å². The minimum atomic E-state index is -0.254. The molecule has 1 heterocycles. The van der Waals surface area contributed by atoms with Gasteiger partial charge in [-0.3, -0.25) is 10.1 Å². The van der Waals surface area contributed by atoms with Gasteiger partial charge in [-0.2, -0.15) is 0 Å². The maximum absolute atomic E-state index is 13.1. The fourth-order valence-electron chi connectivity index (χ4n) is 6.50. The zero-order valence-electron chi connectivity index (χ0n) is 15.9. The number of nitrogens with one attached hydrogen (secondary N) is 1. The van der Waals surface area contributed by atoms with Crippen molar-refractivity contribution in [2.24, 2.45) is 23.2 Å². The first-order chi connectivity index (χ1) is 13.1. The number of hydrogen-bond acceptors (Lipinski definition) is 3. The van der Waals surface area contributed by atoms with Gasteiger partial charge < -0.3 is 9.80 Å². The molecule has 5 heteroatoms. The molecule has 0 aromatic heterocycles. The highest BCUT2D eigenvalue weighted by atomic mass is 16.2. The number of hydrogen-bond donors (Lipinski definition) is 1. The Kier molecular flexibility index (Phi) is 4.14. The molecule has 1 N–H and O–H groups in total. The Hall–Kier alpha value is -2.04. The molecule has 27 heavy (non-hydrogen) atoms. The van der Waals surface area contributed by atoms with Gasteiger partial charge in [0.05, 0.1) is 5.41 Å². The normalized spacial score (nSPS) is 34.6. The molecule has 0 radical (unpaired) electrons. The minimum Gasteiger partial charge on any atom is -0.368 e. The largest absolute Gasteiger partial charge is 0.368 e. The third kappa shape index (κ3) is 3.11. The highest BCUT2D eigenvalue weighted by Crippen LogP contribution is 2.60. The Morgan fingerprint density at radius 3 is 1.96 bits per heavy atom. The van der Waals surface area contributed by atoms with Crippen LogP contribution in [0, 0.1) is 23.2 Å². The molecule has 6 rings (SSSR count). The van der Waals surface area contributed by atoms with Gasteiger partial charge in [0.2, 0.25) is 5.91 Å². The van der Waals surface area contributed by atoms with Crippen LogP contribution >= 0.6 is 0 Å². The van der Waals surface area contributed by atoms with Gasteiger partial charge in [0.1, 0.15) is 0 Å². The van der Waals surface area contributed by atoms with E-state index in [9.17, 15) is 9.59 Å². The lowest BCUT2D eigenvalue weighted by molar-refractivity contribution is -0.145. The lowest BCUT2D eigenvalue weighted by atomic mass is 9.49. The van der Waals surface area contributed by atoms with Crippen molar-refractivity contribution in [2.75, 3.05) is 31.1 Å². The Labute approximate surface area is 161 Å². The summed E-state index contributed by atoms with van der Waals surface area (Å²) in [7, 11) is 0. The standard InChI is InChI=1S/C22H29N3O2/c26-20(22-13-16-10-17(14-22)12-18(11-16)15-22)23-21(27)25-8-6-24(7-9-25)19-4-2-1-3-5-19/h1-5,16-18H,6-15H2,(H,23,26,27). The molecule has 5 nitrogen and oxygen atoms in total. The van der Waals surface area contributed by atoms with E-state index in [2.05, 4.69) is 22.3 Å². The summed E-state index contributed by atoms with van der Waals surface area (Å²) in [6, 6.07) is 10.1. The van der Waals surface area contributed by atoms with E-state index >= 15 is 0 Å². The fraction of sp³-hybridized carbons (Fsp3) is 0.636. The van der Waals surface area contributed by atoms with Crippen LogP contribution in [0.5, 0.6) is 0 Å². The summed E-state index contributed by atoms with van der Waals surface area (Å²) < 4.78 is 0. The van der Waals surface area contributed by atoms with Crippen LogP contribution in [0.3, 0.4) is 0 Å². The van der Waals surface area contributed by atoms with E-state index in [1.165, 1.54) is 24.9 Å². The number of urea groups is 1. The van der Waals surface area contributed by atoms with Crippen molar-refractivity contribution >= 4 is 17.6 Å². The molecule has 4 aliphatic carbocycles. The number of nitrogens with zero attached hydrogens (tertiary/aromatic N) is 2. The Bertz CT molecular complexity index is 689. The maximum Gasteiger partial charge on any atom is 0.324 e. The van der Waals surface area contributed by atoms with Gasteiger partial charge in [-0.15, -0.1) is 0 Å². The van der Waals surface area contributed by atoms with Crippen molar-refractivity contribution < 1.29 is 9.59 Å². The second kappa shape index (κ2) is 6.54. The molecule has 1 aliphatic heterocycles. The van der Waals surface area contributed by atoms with E-state index in [0.717, 1.165) is 32.4 Å². The fourth-order valence-corrected chi connectivity index (χ4v) is 6.50. The SMILES string of the molecule is O=C(NC(=O)C12CC3CC(CC(C3)C1)C2)N1CCN(c2ccccc2)CC1. The molecule has 3 amide bonds. The number of rotatable bonds is 2. The van der Waals surface area contributed by atoms with E-state index < -0.39 is 0 Å².